The third-order valence-electron chi connectivity index (χ3n) is 7.34. The molecule has 0 aromatic heterocycles. The van der Waals surface area contributed by atoms with Gasteiger partial charge in [-0.05, 0) is 63.8 Å². The minimum absolute atomic E-state index is 0.244. The Balaban J connectivity index is 1.82. The van der Waals surface area contributed by atoms with E-state index in [1.807, 2.05) is 26.0 Å². The number of unbranched alkanes of at least 4 members (excludes halogenated alkanes) is 3. The lowest BCUT2D eigenvalue weighted by atomic mass is 9.88. The Morgan fingerprint density at radius 3 is 1.81 bits per heavy atom. The highest BCUT2D eigenvalue weighted by molar-refractivity contribution is 7.89. The summed E-state index contributed by atoms with van der Waals surface area (Å²) in [4.78, 5) is 0.501. The fourth-order valence-corrected chi connectivity index (χ4v) is 8.66. The highest BCUT2D eigenvalue weighted by Gasteiger charge is 2.47. The van der Waals surface area contributed by atoms with E-state index >= 15 is 0 Å². The largest absolute Gasteiger partial charge is 0.266 e. The van der Waals surface area contributed by atoms with Crippen LogP contribution in [0.2, 0.25) is 0 Å². The Morgan fingerprint density at radius 2 is 1.25 bits per heavy atom. The van der Waals surface area contributed by atoms with Gasteiger partial charge in [0.25, 0.3) is 20.0 Å². The van der Waals surface area contributed by atoms with Crippen LogP contribution >= 0.6 is 0 Å². The predicted molar refractivity (Wildman–Crippen MR) is 143 cm³/mol. The number of hydrogen-bond acceptors (Lipinski definition) is 4. The molecule has 1 saturated carbocycles. The van der Waals surface area contributed by atoms with E-state index in [2.05, 4.69) is 6.92 Å². The first kappa shape index (κ1) is 26.7. The fraction of sp³-hybridized carbons (Fsp3) is 0.500. The van der Waals surface area contributed by atoms with Crippen LogP contribution in [0, 0.1) is 13.8 Å². The lowest BCUT2D eigenvalue weighted by Gasteiger charge is -2.49. The highest BCUT2D eigenvalue weighted by atomic mass is 32.2. The van der Waals surface area contributed by atoms with Crippen molar-refractivity contribution < 1.29 is 16.8 Å². The summed E-state index contributed by atoms with van der Waals surface area (Å²) >= 11 is 0. The molecule has 1 fully saturated rings. The zero-order valence-corrected chi connectivity index (χ0v) is 23.2. The summed E-state index contributed by atoms with van der Waals surface area (Å²) in [5.41, 5.74) is 2.56. The lowest BCUT2D eigenvalue weighted by Crippen LogP contribution is -2.58. The maximum atomic E-state index is 14.0. The number of fused-ring (bicyclic) bond motifs is 1. The molecule has 4 rings (SSSR count). The molecule has 2 atom stereocenters. The molecular formula is C28H38N2O4S2. The average Bonchev–Trinajstić information content (AvgIpc) is 2.86. The summed E-state index contributed by atoms with van der Waals surface area (Å²) in [5, 5.41) is 0. The van der Waals surface area contributed by atoms with Crippen molar-refractivity contribution in [1.29, 1.82) is 0 Å². The summed E-state index contributed by atoms with van der Waals surface area (Å²) in [6, 6.07) is 13.0. The number of nitrogens with zero attached hydrogens (tertiary/aromatic N) is 2. The van der Waals surface area contributed by atoms with E-state index in [4.69, 9.17) is 0 Å². The molecule has 0 bridgehead atoms. The van der Waals surface area contributed by atoms with E-state index in [0.717, 1.165) is 49.7 Å². The molecule has 0 radical (unpaired) electrons. The molecule has 0 N–H and O–H groups in total. The van der Waals surface area contributed by atoms with E-state index in [-0.39, 0.29) is 9.79 Å². The minimum Gasteiger partial charge on any atom is -0.266 e. The van der Waals surface area contributed by atoms with Crippen LogP contribution in [0.15, 0.2) is 70.2 Å². The molecule has 0 amide bonds. The number of benzene rings is 2. The van der Waals surface area contributed by atoms with Gasteiger partial charge in [-0.1, -0.05) is 74.4 Å². The van der Waals surface area contributed by atoms with Crippen molar-refractivity contribution >= 4 is 20.0 Å². The smallest absolute Gasteiger partial charge is 0.264 e. The molecule has 0 spiro atoms. The Hall–Kier alpha value is -2.32. The molecule has 36 heavy (non-hydrogen) atoms. The Labute approximate surface area is 217 Å². The molecule has 196 valence electrons. The van der Waals surface area contributed by atoms with Gasteiger partial charge in [-0.3, -0.25) is 8.61 Å². The molecule has 1 aliphatic carbocycles. The Kier molecular flexibility index (Phi) is 8.15. The van der Waals surface area contributed by atoms with Crippen LogP contribution in [0.1, 0.15) is 75.8 Å². The van der Waals surface area contributed by atoms with Gasteiger partial charge in [0, 0.05) is 11.9 Å². The van der Waals surface area contributed by atoms with Crippen molar-refractivity contribution in [3.05, 3.63) is 71.6 Å². The van der Waals surface area contributed by atoms with Crippen LogP contribution in [0.25, 0.3) is 0 Å². The summed E-state index contributed by atoms with van der Waals surface area (Å²) in [6.07, 6.45) is 9.10. The van der Waals surface area contributed by atoms with Crippen molar-refractivity contribution in [1.82, 2.24) is 8.61 Å². The summed E-state index contributed by atoms with van der Waals surface area (Å²) in [7, 11) is -7.66. The van der Waals surface area contributed by atoms with Gasteiger partial charge in [-0.15, -0.1) is 0 Å². The van der Waals surface area contributed by atoms with Gasteiger partial charge < -0.3 is 0 Å². The van der Waals surface area contributed by atoms with Gasteiger partial charge in [0.05, 0.1) is 21.9 Å². The topological polar surface area (TPSA) is 74.8 Å². The van der Waals surface area contributed by atoms with Crippen molar-refractivity contribution in [3.8, 4) is 0 Å². The number of rotatable bonds is 9. The molecule has 0 unspecified atom stereocenters. The zero-order valence-electron chi connectivity index (χ0n) is 21.6. The average molecular weight is 531 g/mol. The van der Waals surface area contributed by atoms with Crippen molar-refractivity contribution in [2.24, 2.45) is 0 Å². The first-order chi connectivity index (χ1) is 17.2. The van der Waals surface area contributed by atoms with E-state index in [0.29, 0.717) is 25.0 Å². The number of sulfonamides is 2. The number of hydrogen-bond donors (Lipinski definition) is 0. The molecule has 2 aromatic carbocycles. The van der Waals surface area contributed by atoms with E-state index in [9.17, 15) is 16.8 Å². The molecule has 8 heteroatoms. The Morgan fingerprint density at radius 1 is 0.722 bits per heavy atom. The van der Waals surface area contributed by atoms with E-state index < -0.39 is 32.1 Å². The maximum Gasteiger partial charge on any atom is 0.264 e. The molecule has 2 aromatic rings. The normalized spacial score (nSPS) is 20.7. The van der Waals surface area contributed by atoms with Crippen LogP contribution in [0.5, 0.6) is 0 Å². The lowest BCUT2D eigenvalue weighted by molar-refractivity contribution is 0.161. The first-order valence-electron chi connectivity index (χ1n) is 13.1. The van der Waals surface area contributed by atoms with Crippen LogP contribution in [0.3, 0.4) is 0 Å². The summed E-state index contributed by atoms with van der Waals surface area (Å²) < 4.78 is 58.8. The Bertz CT molecular complexity index is 1280. The van der Waals surface area contributed by atoms with Crippen molar-refractivity contribution in [2.75, 3.05) is 0 Å². The van der Waals surface area contributed by atoms with Gasteiger partial charge in [0.15, 0.2) is 0 Å². The molecular weight excluding hydrogens is 492 g/mol. The minimum atomic E-state index is -3.84. The van der Waals surface area contributed by atoms with Crippen molar-refractivity contribution in [2.45, 2.75) is 100 Å². The van der Waals surface area contributed by atoms with E-state index in [1.54, 1.807) is 46.9 Å². The van der Waals surface area contributed by atoms with E-state index in [1.165, 1.54) is 4.31 Å². The second-order valence-corrected chi connectivity index (χ2v) is 13.8. The quantitative estimate of drug-likeness (QED) is 0.366. The maximum absolute atomic E-state index is 14.0. The predicted octanol–water partition coefficient (Wildman–Crippen LogP) is 6.12. The standard InChI is InChI=1S/C28H38N2O4S2/c1-4-5-6-7-10-24-21-29(35(31,32)25-17-13-22(2)14-18-25)27-11-8-9-12-28(27)30(24)36(33,34)26-19-15-23(3)16-20-26/h13-21,27-28H,4-12H2,1-3H3/t27-,28+/m0/s1. The zero-order chi connectivity index (χ0) is 25.9. The molecule has 6 nitrogen and oxygen atoms in total. The summed E-state index contributed by atoms with van der Waals surface area (Å²) in [6.45, 7) is 5.99. The SMILES string of the molecule is CCCCCCC1=CN(S(=O)(=O)c2ccc(C)cc2)[C@H]2CCCC[C@H]2N1S(=O)(=O)c1ccc(C)cc1. The number of allylic oxidation sites excluding steroid dienone is 1. The van der Waals surface area contributed by atoms with Crippen LogP contribution in [-0.2, 0) is 20.0 Å². The second-order valence-electron chi connectivity index (χ2n) is 10.1. The third kappa shape index (κ3) is 5.35. The molecule has 0 saturated heterocycles. The fourth-order valence-electron chi connectivity index (χ4n) is 5.32. The van der Waals surface area contributed by atoms with Gasteiger partial charge in [-0.2, -0.15) is 0 Å². The number of aryl methyl sites for hydroxylation is 2. The second kappa shape index (κ2) is 11.0. The van der Waals surface area contributed by atoms with Gasteiger partial charge in [0.2, 0.25) is 0 Å². The third-order valence-corrected chi connectivity index (χ3v) is 11.0. The first-order valence-corrected chi connectivity index (χ1v) is 16.0. The van der Waals surface area contributed by atoms with Crippen LogP contribution in [-0.4, -0.2) is 37.5 Å². The summed E-state index contributed by atoms with van der Waals surface area (Å²) in [5.74, 6) is 0. The highest BCUT2D eigenvalue weighted by Crippen LogP contribution is 2.41. The van der Waals surface area contributed by atoms with Crippen LogP contribution in [0.4, 0.5) is 0 Å². The monoisotopic (exact) mass is 530 g/mol. The molecule has 1 heterocycles. The van der Waals surface area contributed by atoms with Gasteiger partial charge in [-0.25, -0.2) is 16.8 Å². The van der Waals surface area contributed by atoms with Crippen LogP contribution < -0.4 is 0 Å². The molecule has 1 aliphatic heterocycles. The van der Waals surface area contributed by atoms with Crippen molar-refractivity contribution in [3.63, 3.8) is 0 Å². The molecule has 2 aliphatic rings. The van der Waals surface area contributed by atoms with Gasteiger partial charge in [0.1, 0.15) is 0 Å². The van der Waals surface area contributed by atoms with Gasteiger partial charge >= 0.3 is 0 Å².